The quantitative estimate of drug-likeness (QED) is 0.680. The summed E-state index contributed by atoms with van der Waals surface area (Å²) in [5.74, 6) is 0.199. The molecule has 0 aromatic rings. The van der Waals surface area contributed by atoms with Crippen LogP contribution in [0.1, 0.15) is 67.7 Å². The van der Waals surface area contributed by atoms with Gasteiger partial charge in [0, 0.05) is 12.5 Å². The monoisotopic (exact) mass is 406 g/mol. The molecular formula is C23H38N2O4. The van der Waals surface area contributed by atoms with Crippen LogP contribution in [0.25, 0.3) is 0 Å². The van der Waals surface area contributed by atoms with E-state index < -0.39 is 18.2 Å². The van der Waals surface area contributed by atoms with Crippen molar-refractivity contribution in [1.82, 2.24) is 10.2 Å². The van der Waals surface area contributed by atoms with E-state index in [0.717, 1.165) is 12.8 Å². The number of Topliss-reactive ketones (excluding diaryl/α,β-unsaturated/α-hetero) is 1. The molecule has 6 atom stereocenters. The van der Waals surface area contributed by atoms with Crippen LogP contribution in [0.3, 0.4) is 0 Å². The molecule has 2 N–H and O–H groups in total. The average Bonchev–Trinajstić information content (AvgIpc) is 3.45. The summed E-state index contributed by atoms with van der Waals surface area (Å²) in [7, 11) is 0. The lowest BCUT2D eigenvalue weighted by Gasteiger charge is -2.36. The van der Waals surface area contributed by atoms with Crippen molar-refractivity contribution in [3.63, 3.8) is 0 Å². The minimum atomic E-state index is -1.19. The third-order valence-electron chi connectivity index (χ3n) is 7.84. The Kier molecular flexibility index (Phi) is 5.65. The summed E-state index contributed by atoms with van der Waals surface area (Å²) >= 11 is 0. The second kappa shape index (κ2) is 7.36. The Hall–Kier alpha value is -1.43. The first-order valence-corrected chi connectivity index (χ1v) is 11.1. The van der Waals surface area contributed by atoms with Crippen molar-refractivity contribution in [2.75, 3.05) is 6.54 Å². The fourth-order valence-corrected chi connectivity index (χ4v) is 4.96. The normalized spacial score (nSPS) is 30.9. The van der Waals surface area contributed by atoms with Crippen LogP contribution in [-0.4, -0.2) is 52.3 Å². The van der Waals surface area contributed by atoms with Crippen LogP contribution in [0, 0.1) is 34.5 Å². The molecule has 6 heteroatoms. The summed E-state index contributed by atoms with van der Waals surface area (Å²) in [6, 6.07) is -1.10. The Morgan fingerprint density at radius 3 is 2.28 bits per heavy atom. The first-order chi connectivity index (χ1) is 13.3. The molecular weight excluding hydrogens is 368 g/mol. The molecule has 2 aliphatic carbocycles. The lowest BCUT2D eigenvalue weighted by Crippen LogP contribution is -2.56. The number of piperidine rings is 1. The zero-order chi connectivity index (χ0) is 21.9. The van der Waals surface area contributed by atoms with Crippen LogP contribution in [0.15, 0.2) is 0 Å². The molecule has 0 bridgehead atoms. The standard InChI is InChI=1S/C23H38N2O4/c1-12(22(3,4)5)21(29)25-11-15-17(23(15,6)7)18(25)20(28)24-16(10-14-8-9-14)19(27)13(2)26/h12,14-19,27H,8-11H2,1-7H3,(H,24,28). The number of hydrogen-bond acceptors (Lipinski definition) is 4. The van der Waals surface area contributed by atoms with E-state index in [1.165, 1.54) is 6.92 Å². The number of carbonyl (C=O) groups excluding carboxylic acids is 3. The lowest BCUT2D eigenvalue weighted by molar-refractivity contribution is -0.146. The highest BCUT2D eigenvalue weighted by Crippen LogP contribution is 2.65. The molecule has 0 aromatic heterocycles. The summed E-state index contributed by atoms with van der Waals surface area (Å²) in [6.45, 7) is 14.3. The van der Waals surface area contributed by atoms with Crippen molar-refractivity contribution in [3.8, 4) is 0 Å². The van der Waals surface area contributed by atoms with Gasteiger partial charge in [0.25, 0.3) is 0 Å². The third-order valence-corrected chi connectivity index (χ3v) is 7.84. The Morgan fingerprint density at radius 2 is 1.79 bits per heavy atom. The molecule has 0 aromatic carbocycles. The largest absolute Gasteiger partial charge is 0.383 e. The Balaban J connectivity index is 1.79. The molecule has 3 fully saturated rings. The average molecular weight is 407 g/mol. The molecule has 2 saturated carbocycles. The number of hydrogen-bond donors (Lipinski definition) is 2. The molecule has 0 radical (unpaired) electrons. The van der Waals surface area contributed by atoms with Gasteiger partial charge in [-0.3, -0.25) is 14.4 Å². The van der Waals surface area contributed by atoms with Gasteiger partial charge in [-0.25, -0.2) is 0 Å². The van der Waals surface area contributed by atoms with Crippen molar-refractivity contribution < 1.29 is 19.5 Å². The van der Waals surface area contributed by atoms with Gasteiger partial charge < -0.3 is 15.3 Å². The van der Waals surface area contributed by atoms with Crippen LogP contribution in [-0.2, 0) is 14.4 Å². The number of aliphatic hydroxyl groups is 1. The summed E-state index contributed by atoms with van der Waals surface area (Å²) in [5, 5.41) is 13.3. The van der Waals surface area contributed by atoms with Crippen LogP contribution in [0.5, 0.6) is 0 Å². The van der Waals surface area contributed by atoms with E-state index >= 15 is 0 Å². The Labute approximate surface area is 174 Å². The molecule has 1 saturated heterocycles. The van der Waals surface area contributed by atoms with Gasteiger partial charge >= 0.3 is 0 Å². The van der Waals surface area contributed by atoms with Gasteiger partial charge in [0.15, 0.2) is 5.78 Å². The van der Waals surface area contributed by atoms with Crippen molar-refractivity contribution in [3.05, 3.63) is 0 Å². The van der Waals surface area contributed by atoms with Crippen molar-refractivity contribution in [1.29, 1.82) is 0 Å². The summed E-state index contributed by atoms with van der Waals surface area (Å²) in [4.78, 5) is 40.1. The predicted molar refractivity (Wildman–Crippen MR) is 111 cm³/mol. The highest BCUT2D eigenvalue weighted by atomic mass is 16.3. The second-order valence-corrected chi connectivity index (χ2v) is 11.3. The zero-order valence-electron chi connectivity index (χ0n) is 19.0. The van der Waals surface area contributed by atoms with Crippen molar-refractivity contribution in [2.45, 2.75) is 85.9 Å². The molecule has 2 amide bonds. The van der Waals surface area contributed by atoms with E-state index in [1.54, 1.807) is 4.90 Å². The number of carbonyl (C=O) groups is 3. The number of ketones is 1. The van der Waals surface area contributed by atoms with Gasteiger partial charge in [0.1, 0.15) is 12.1 Å². The minimum Gasteiger partial charge on any atom is -0.383 e. The summed E-state index contributed by atoms with van der Waals surface area (Å²) in [5.41, 5.74) is -0.144. The minimum absolute atomic E-state index is 0.0199. The maximum absolute atomic E-state index is 13.4. The highest BCUT2D eigenvalue weighted by Gasteiger charge is 2.69. The molecule has 3 aliphatic rings. The van der Waals surface area contributed by atoms with E-state index in [9.17, 15) is 19.5 Å². The number of aliphatic hydroxyl groups excluding tert-OH is 1. The number of amides is 2. The molecule has 0 spiro atoms. The maximum Gasteiger partial charge on any atom is 0.243 e. The molecule has 3 rings (SSSR count). The van der Waals surface area contributed by atoms with Gasteiger partial charge in [0.2, 0.25) is 11.8 Å². The molecule has 6 nitrogen and oxygen atoms in total. The number of nitrogens with one attached hydrogen (secondary N) is 1. The SMILES string of the molecule is CC(=O)C(O)C(CC1CC1)NC(=O)C1C2C(CN1C(=O)C(C)C(C)(C)C)C2(C)C. The van der Waals surface area contributed by atoms with Crippen LogP contribution < -0.4 is 5.32 Å². The summed E-state index contributed by atoms with van der Waals surface area (Å²) < 4.78 is 0. The van der Waals surface area contributed by atoms with Gasteiger partial charge in [-0.05, 0) is 41.9 Å². The smallest absolute Gasteiger partial charge is 0.243 e. The topological polar surface area (TPSA) is 86.7 Å². The maximum atomic E-state index is 13.4. The van der Waals surface area contributed by atoms with Gasteiger partial charge in [0.05, 0.1) is 6.04 Å². The van der Waals surface area contributed by atoms with Crippen molar-refractivity contribution >= 4 is 17.6 Å². The van der Waals surface area contributed by atoms with E-state index in [0.29, 0.717) is 24.8 Å². The van der Waals surface area contributed by atoms with E-state index in [1.807, 2.05) is 27.7 Å². The van der Waals surface area contributed by atoms with Gasteiger partial charge in [-0.2, -0.15) is 0 Å². The van der Waals surface area contributed by atoms with E-state index in [2.05, 4.69) is 19.2 Å². The number of likely N-dealkylation sites (tertiary alicyclic amines) is 1. The molecule has 1 aliphatic heterocycles. The number of fused-ring (bicyclic) bond motifs is 1. The summed E-state index contributed by atoms with van der Waals surface area (Å²) in [6.07, 6.45) is 1.57. The lowest BCUT2D eigenvalue weighted by atomic mass is 9.81. The van der Waals surface area contributed by atoms with Gasteiger partial charge in [-0.15, -0.1) is 0 Å². The highest BCUT2D eigenvalue weighted by molar-refractivity contribution is 5.91. The van der Waals surface area contributed by atoms with Gasteiger partial charge in [-0.1, -0.05) is 54.4 Å². The molecule has 29 heavy (non-hydrogen) atoms. The fourth-order valence-electron chi connectivity index (χ4n) is 4.96. The van der Waals surface area contributed by atoms with Crippen LogP contribution in [0.2, 0.25) is 0 Å². The first kappa shape index (κ1) is 22.3. The molecule has 1 heterocycles. The Bertz CT molecular complexity index is 691. The number of nitrogens with zero attached hydrogens (tertiary/aromatic N) is 1. The Morgan fingerprint density at radius 1 is 1.21 bits per heavy atom. The fraction of sp³-hybridized carbons (Fsp3) is 0.870. The van der Waals surface area contributed by atoms with Crippen molar-refractivity contribution in [2.24, 2.45) is 34.5 Å². The zero-order valence-corrected chi connectivity index (χ0v) is 19.0. The van der Waals surface area contributed by atoms with Crippen LogP contribution in [0.4, 0.5) is 0 Å². The van der Waals surface area contributed by atoms with E-state index in [4.69, 9.17) is 0 Å². The molecule has 6 unspecified atom stereocenters. The van der Waals surface area contributed by atoms with Crippen LogP contribution >= 0.6 is 0 Å². The second-order valence-electron chi connectivity index (χ2n) is 11.3. The predicted octanol–water partition coefficient (Wildman–Crippen LogP) is 2.39. The number of rotatable bonds is 7. The van der Waals surface area contributed by atoms with E-state index in [-0.39, 0.29) is 40.3 Å². The molecule has 164 valence electrons. The third kappa shape index (κ3) is 4.23. The first-order valence-electron chi connectivity index (χ1n) is 11.1.